The molecule has 3 atom stereocenters. The molecule has 156 valence electrons. The lowest BCUT2D eigenvalue weighted by Crippen LogP contribution is -2.46. The summed E-state index contributed by atoms with van der Waals surface area (Å²) in [7, 11) is 3.54. The van der Waals surface area contributed by atoms with Crippen molar-refractivity contribution >= 4 is 22.8 Å². The van der Waals surface area contributed by atoms with E-state index in [0.29, 0.717) is 6.04 Å². The maximum atomic E-state index is 12.0. The molecule has 0 spiro atoms. The van der Waals surface area contributed by atoms with Gasteiger partial charge in [-0.05, 0) is 61.6 Å². The average Bonchev–Trinajstić information content (AvgIpc) is 3.42. The monoisotopic (exact) mass is 395 g/mol. The highest BCUT2D eigenvalue weighted by Crippen LogP contribution is 2.44. The summed E-state index contributed by atoms with van der Waals surface area (Å²) in [6.45, 7) is 3.11. The predicted octanol–water partition coefficient (Wildman–Crippen LogP) is 2.83. The molecule has 2 aliphatic rings. The van der Waals surface area contributed by atoms with Crippen molar-refractivity contribution in [2.24, 2.45) is 16.8 Å². The van der Waals surface area contributed by atoms with Gasteiger partial charge in [0.1, 0.15) is 6.54 Å². The van der Waals surface area contributed by atoms with Crippen LogP contribution in [0.15, 0.2) is 29.4 Å². The van der Waals surface area contributed by atoms with Crippen LogP contribution in [0.25, 0.3) is 10.9 Å². The molecule has 2 aliphatic carbocycles. The molecule has 2 aromatic rings. The zero-order valence-corrected chi connectivity index (χ0v) is 17.8. The summed E-state index contributed by atoms with van der Waals surface area (Å²) < 4.78 is 0. The first-order valence-electron chi connectivity index (χ1n) is 10.8. The van der Waals surface area contributed by atoms with E-state index in [1.807, 2.05) is 0 Å². The molecular weight excluding hydrogens is 362 g/mol. The largest absolute Gasteiger partial charge is 0.361 e. The van der Waals surface area contributed by atoms with E-state index in [9.17, 15) is 4.79 Å². The molecule has 3 unspecified atom stereocenters. The van der Waals surface area contributed by atoms with Gasteiger partial charge < -0.3 is 20.5 Å². The summed E-state index contributed by atoms with van der Waals surface area (Å²) in [5.74, 6) is 2.42. The lowest BCUT2D eigenvalue weighted by atomic mass is 9.95. The molecule has 1 amide bonds. The fraction of sp³-hybridized carbons (Fsp3) is 0.565. The molecule has 4 rings (SSSR count). The molecule has 0 aliphatic heterocycles. The molecular formula is C23H33N5O. The van der Waals surface area contributed by atoms with E-state index in [1.165, 1.54) is 47.7 Å². The number of rotatable bonds is 6. The number of aromatic amines is 1. The number of likely N-dealkylation sites (N-methyl/N-ethyl adjacent to an activating group) is 1. The van der Waals surface area contributed by atoms with Crippen LogP contribution in [0.2, 0.25) is 0 Å². The minimum absolute atomic E-state index is 0.0197. The van der Waals surface area contributed by atoms with Crippen LogP contribution in [0.5, 0.6) is 0 Å². The SMILES string of the molecule is Cc1cccc2[nH]cc(CCNC(=NCC(=O)N(C)C)NC3CC4CCC3C4)c12. The first-order chi connectivity index (χ1) is 14.0. The molecule has 6 heteroatoms. The van der Waals surface area contributed by atoms with Gasteiger partial charge in [0.2, 0.25) is 5.91 Å². The van der Waals surface area contributed by atoms with Gasteiger partial charge in [0, 0.05) is 43.8 Å². The molecule has 6 nitrogen and oxygen atoms in total. The molecule has 2 bridgehead atoms. The number of hydrogen-bond donors (Lipinski definition) is 3. The summed E-state index contributed by atoms with van der Waals surface area (Å²) >= 11 is 0. The normalized spacial score (nSPS) is 23.6. The number of nitrogens with zero attached hydrogens (tertiary/aromatic N) is 2. The predicted molar refractivity (Wildman–Crippen MR) is 118 cm³/mol. The maximum absolute atomic E-state index is 12.0. The number of carbonyl (C=O) groups is 1. The number of guanidine groups is 1. The van der Waals surface area contributed by atoms with Gasteiger partial charge in [0.05, 0.1) is 0 Å². The number of H-pyrrole nitrogens is 1. The number of hydrogen-bond acceptors (Lipinski definition) is 2. The van der Waals surface area contributed by atoms with Crippen LogP contribution < -0.4 is 10.6 Å². The lowest BCUT2D eigenvalue weighted by Gasteiger charge is -2.25. The molecule has 3 N–H and O–H groups in total. The quantitative estimate of drug-likeness (QED) is 0.520. The van der Waals surface area contributed by atoms with Crippen LogP contribution >= 0.6 is 0 Å². The summed E-state index contributed by atoms with van der Waals surface area (Å²) in [5.41, 5.74) is 3.80. The third kappa shape index (κ3) is 4.41. The summed E-state index contributed by atoms with van der Waals surface area (Å²) in [6.07, 6.45) is 8.28. The van der Waals surface area contributed by atoms with Gasteiger partial charge in [-0.15, -0.1) is 0 Å². The fourth-order valence-electron chi connectivity index (χ4n) is 5.00. The Bertz CT molecular complexity index is 900. The second-order valence-electron chi connectivity index (χ2n) is 8.87. The Labute approximate surface area is 173 Å². The Morgan fingerprint density at radius 1 is 1.28 bits per heavy atom. The average molecular weight is 396 g/mol. The third-order valence-electron chi connectivity index (χ3n) is 6.61. The number of carbonyl (C=O) groups excluding carboxylic acids is 1. The van der Waals surface area contributed by atoms with Gasteiger partial charge in [-0.25, -0.2) is 4.99 Å². The third-order valence-corrected chi connectivity index (χ3v) is 6.61. The van der Waals surface area contributed by atoms with Gasteiger partial charge in [-0.2, -0.15) is 0 Å². The topological polar surface area (TPSA) is 72.5 Å². The Morgan fingerprint density at radius 2 is 2.14 bits per heavy atom. The van der Waals surface area contributed by atoms with E-state index in [1.54, 1.807) is 19.0 Å². The molecule has 2 fully saturated rings. The van der Waals surface area contributed by atoms with Crippen molar-refractivity contribution in [3.8, 4) is 0 Å². The smallest absolute Gasteiger partial charge is 0.243 e. The van der Waals surface area contributed by atoms with Crippen molar-refractivity contribution in [3.05, 3.63) is 35.5 Å². The van der Waals surface area contributed by atoms with E-state index in [2.05, 4.69) is 51.9 Å². The van der Waals surface area contributed by atoms with Crippen LogP contribution in [0.4, 0.5) is 0 Å². The number of aromatic nitrogens is 1. The molecule has 1 heterocycles. The van der Waals surface area contributed by atoms with Crippen molar-refractivity contribution in [1.82, 2.24) is 20.5 Å². The van der Waals surface area contributed by atoms with Crippen molar-refractivity contribution in [1.29, 1.82) is 0 Å². The van der Waals surface area contributed by atoms with Gasteiger partial charge in [-0.1, -0.05) is 18.6 Å². The van der Waals surface area contributed by atoms with Gasteiger partial charge in [0.25, 0.3) is 0 Å². The Hall–Kier alpha value is -2.50. The Morgan fingerprint density at radius 3 is 2.86 bits per heavy atom. The molecule has 0 radical (unpaired) electrons. The zero-order valence-electron chi connectivity index (χ0n) is 17.8. The van der Waals surface area contributed by atoms with Crippen molar-refractivity contribution in [2.75, 3.05) is 27.2 Å². The second-order valence-corrected chi connectivity index (χ2v) is 8.87. The van der Waals surface area contributed by atoms with Crippen molar-refractivity contribution < 1.29 is 4.79 Å². The highest BCUT2D eigenvalue weighted by atomic mass is 16.2. The van der Waals surface area contributed by atoms with Crippen molar-refractivity contribution in [2.45, 2.75) is 45.1 Å². The summed E-state index contributed by atoms with van der Waals surface area (Å²) in [6, 6.07) is 6.85. The van der Waals surface area contributed by atoms with Crippen molar-refractivity contribution in [3.63, 3.8) is 0 Å². The van der Waals surface area contributed by atoms with Gasteiger partial charge >= 0.3 is 0 Å². The Balaban J connectivity index is 1.40. The van der Waals surface area contributed by atoms with E-state index in [0.717, 1.165) is 30.8 Å². The number of fused-ring (bicyclic) bond motifs is 3. The van der Waals surface area contributed by atoms with Crippen LogP contribution in [0.3, 0.4) is 0 Å². The number of amides is 1. The van der Waals surface area contributed by atoms with Crippen LogP contribution in [0, 0.1) is 18.8 Å². The number of aliphatic imine (C=N–C) groups is 1. The molecule has 29 heavy (non-hydrogen) atoms. The van der Waals surface area contributed by atoms with E-state index in [4.69, 9.17) is 0 Å². The lowest BCUT2D eigenvalue weighted by molar-refractivity contribution is -0.127. The van der Waals surface area contributed by atoms with Crippen LogP contribution in [0.1, 0.15) is 36.8 Å². The van der Waals surface area contributed by atoms with E-state index >= 15 is 0 Å². The first kappa shape index (κ1) is 19.8. The number of aryl methyl sites for hydroxylation is 1. The summed E-state index contributed by atoms with van der Waals surface area (Å²) in [5, 5.41) is 8.42. The van der Waals surface area contributed by atoms with E-state index < -0.39 is 0 Å². The number of benzene rings is 1. The molecule has 2 saturated carbocycles. The highest BCUT2D eigenvalue weighted by Gasteiger charge is 2.39. The standard InChI is InChI=1S/C23H33N5O/c1-15-5-4-6-19-22(15)18(13-25-19)9-10-24-23(26-14-21(29)28(2)3)27-20-12-16-7-8-17(20)11-16/h4-6,13,16-17,20,25H,7-12,14H2,1-3H3,(H2,24,26,27). The van der Waals surface area contributed by atoms with Crippen LogP contribution in [-0.4, -0.2) is 55.0 Å². The molecule has 0 saturated heterocycles. The second kappa shape index (κ2) is 8.47. The molecule has 1 aromatic heterocycles. The Kier molecular flexibility index (Phi) is 5.79. The minimum atomic E-state index is 0.0197. The van der Waals surface area contributed by atoms with E-state index in [-0.39, 0.29) is 12.5 Å². The maximum Gasteiger partial charge on any atom is 0.243 e. The number of nitrogens with one attached hydrogen (secondary N) is 3. The summed E-state index contributed by atoms with van der Waals surface area (Å²) in [4.78, 5) is 21.6. The van der Waals surface area contributed by atoms with Gasteiger partial charge in [-0.3, -0.25) is 4.79 Å². The zero-order chi connectivity index (χ0) is 20.4. The van der Waals surface area contributed by atoms with Gasteiger partial charge in [0.15, 0.2) is 5.96 Å². The fourth-order valence-corrected chi connectivity index (χ4v) is 5.00. The first-order valence-corrected chi connectivity index (χ1v) is 10.8. The highest BCUT2D eigenvalue weighted by molar-refractivity contribution is 5.87. The minimum Gasteiger partial charge on any atom is -0.361 e. The van der Waals surface area contributed by atoms with Crippen LogP contribution in [-0.2, 0) is 11.2 Å². The molecule has 1 aromatic carbocycles.